The van der Waals surface area contributed by atoms with Crippen LogP contribution in [0.25, 0.3) is 0 Å². The van der Waals surface area contributed by atoms with E-state index in [9.17, 15) is 4.79 Å². The van der Waals surface area contributed by atoms with E-state index >= 15 is 0 Å². The van der Waals surface area contributed by atoms with Crippen molar-refractivity contribution in [2.45, 2.75) is 38.4 Å². The minimum atomic E-state index is -0.192. The van der Waals surface area contributed by atoms with Crippen LogP contribution in [-0.4, -0.2) is 31.2 Å². The van der Waals surface area contributed by atoms with Gasteiger partial charge in [0.05, 0.1) is 18.8 Å². The highest BCUT2D eigenvalue weighted by Crippen LogP contribution is 2.07. The van der Waals surface area contributed by atoms with Crippen molar-refractivity contribution < 1.29 is 13.9 Å². The largest absolute Gasteiger partial charge is 0.467 e. The molecule has 0 radical (unpaired) electrons. The van der Waals surface area contributed by atoms with Crippen LogP contribution in [0.15, 0.2) is 22.8 Å². The Labute approximate surface area is 107 Å². The average molecular weight is 252 g/mol. The summed E-state index contributed by atoms with van der Waals surface area (Å²) in [5.41, 5.74) is 0. The molecule has 1 aliphatic rings. The molecule has 1 fully saturated rings. The summed E-state index contributed by atoms with van der Waals surface area (Å²) in [6, 6.07) is 3.84. The Morgan fingerprint density at radius 3 is 2.94 bits per heavy atom. The first-order valence-corrected chi connectivity index (χ1v) is 6.39. The smallest absolute Gasteiger partial charge is 0.237 e. The maximum absolute atomic E-state index is 11.9. The predicted molar refractivity (Wildman–Crippen MR) is 67.0 cm³/mol. The van der Waals surface area contributed by atoms with E-state index in [0.717, 1.165) is 31.8 Å². The lowest BCUT2D eigenvalue weighted by atomic mass is 10.1. The molecule has 2 rings (SSSR count). The number of furan rings is 1. The molecule has 5 nitrogen and oxygen atoms in total. The first-order chi connectivity index (χ1) is 8.75. The van der Waals surface area contributed by atoms with Crippen LogP contribution in [0.1, 0.15) is 25.5 Å². The predicted octanol–water partition coefficient (Wildman–Crippen LogP) is 1.05. The Bertz CT molecular complexity index is 358. The van der Waals surface area contributed by atoms with Gasteiger partial charge in [-0.1, -0.05) is 0 Å². The summed E-state index contributed by atoms with van der Waals surface area (Å²) in [5.74, 6) is 0.763. The molecule has 0 bridgehead atoms. The second-order valence-electron chi connectivity index (χ2n) is 4.57. The lowest BCUT2D eigenvalue weighted by Gasteiger charge is -2.26. The van der Waals surface area contributed by atoms with Gasteiger partial charge in [-0.3, -0.25) is 4.79 Å². The van der Waals surface area contributed by atoms with Crippen LogP contribution < -0.4 is 10.6 Å². The van der Waals surface area contributed by atoms with E-state index in [2.05, 4.69) is 10.6 Å². The minimum absolute atomic E-state index is 0.00195. The molecule has 2 heterocycles. The highest BCUT2D eigenvalue weighted by atomic mass is 16.5. The van der Waals surface area contributed by atoms with E-state index in [0.29, 0.717) is 12.6 Å². The molecule has 1 atom stereocenters. The Morgan fingerprint density at radius 1 is 1.50 bits per heavy atom. The number of carbonyl (C=O) groups is 1. The van der Waals surface area contributed by atoms with Crippen LogP contribution in [0.4, 0.5) is 0 Å². The number of rotatable bonds is 5. The zero-order chi connectivity index (χ0) is 12.8. The van der Waals surface area contributed by atoms with Gasteiger partial charge >= 0.3 is 0 Å². The molecule has 0 spiro atoms. The Kier molecular flexibility index (Phi) is 4.78. The highest BCUT2D eigenvalue weighted by Gasteiger charge is 2.19. The molecule has 0 aliphatic carbocycles. The standard InChI is InChI=1S/C13H20N2O3/c1-10(15-11-4-7-17-8-5-11)13(16)14-9-12-3-2-6-18-12/h2-3,6,10-11,15H,4-5,7-9H2,1H3,(H,14,16). The van der Waals surface area contributed by atoms with Gasteiger partial charge < -0.3 is 19.8 Å². The van der Waals surface area contributed by atoms with Gasteiger partial charge in [0.1, 0.15) is 5.76 Å². The molecule has 1 aromatic rings. The van der Waals surface area contributed by atoms with Crippen molar-refractivity contribution in [2.24, 2.45) is 0 Å². The summed E-state index contributed by atoms with van der Waals surface area (Å²) in [4.78, 5) is 11.9. The monoisotopic (exact) mass is 252 g/mol. The highest BCUT2D eigenvalue weighted by molar-refractivity contribution is 5.81. The van der Waals surface area contributed by atoms with Crippen LogP contribution in [-0.2, 0) is 16.1 Å². The van der Waals surface area contributed by atoms with Crippen LogP contribution in [0, 0.1) is 0 Å². The molecule has 18 heavy (non-hydrogen) atoms. The third-order valence-electron chi connectivity index (χ3n) is 3.12. The van der Waals surface area contributed by atoms with E-state index in [1.165, 1.54) is 0 Å². The van der Waals surface area contributed by atoms with Crippen molar-refractivity contribution in [3.63, 3.8) is 0 Å². The molecule has 0 aromatic carbocycles. The zero-order valence-electron chi connectivity index (χ0n) is 10.6. The summed E-state index contributed by atoms with van der Waals surface area (Å²) in [7, 11) is 0. The average Bonchev–Trinajstić information content (AvgIpc) is 2.90. The SMILES string of the molecule is CC(NC1CCOCC1)C(=O)NCc1ccco1. The van der Waals surface area contributed by atoms with Crippen molar-refractivity contribution >= 4 is 5.91 Å². The molecule has 1 amide bonds. The zero-order valence-corrected chi connectivity index (χ0v) is 10.6. The fourth-order valence-electron chi connectivity index (χ4n) is 2.03. The molecule has 100 valence electrons. The van der Waals surface area contributed by atoms with Crippen LogP contribution in [0.3, 0.4) is 0 Å². The van der Waals surface area contributed by atoms with Gasteiger partial charge in [0.25, 0.3) is 0 Å². The Morgan fingerprint density at radius 2 is 2.28 bits per heavy atom. The number of hydrogen-bond donors (Lipinski definition) is 2. The van der Waals surface area contributed by atoms with Crippen molar-refractivity contribution in [2.75, 3.05) is 13.2 Å². The molecule has 5 heteroatoms. The van der Waals surface area contributed by atoms with Gasteiger partial charge in [0.15, 0.2) is 0 Å². The van der Waals surface area contributed by atoms with Gasteiger partial charge in [-0.15, -0.1) is 0 Å². The number of nitrogens with one attached hydrogen (secondary N) is 2. The number of amides is 1. The van der Waals surface area contributed by atoms with Crippen molar-refractivity contribution in [1.29, 1.82) is 0 Å². The first kappa shape index (κ1) is 13.1. The van der Waals surface area contributed by atoms with Crippen LogP contribution >= 0.6 is 0 Å². The molecule has 1 unspecified atom stereocenters. The molecular weight excluding hydrogens is 232 g/mol. The van der Waals surface area contributed by atoms with Gasteiger partial charge in [-0.2, -0.15) is 0 Å². The maximum Gasteiger partial charge on any atom is 0.237 e. The van der Waals surface area contributed by atoms with E-state index in [1.807, 2.05) is 19.1 Å². The molecule has 1 aliphatic heterocycles. The Hall–Kier alpha value is -1.33. The lowest BCUT2D eigenvalue weighted by molar-refractivity contribution is -0.123. The van der Waals surface area contributed by atoms with Crippen LogP contribution in [0.2, 0.25) is 0 Å². The van der Waals surface area contributed by atoms with Crippen molar-refractivity contribution in [3.05, 3.63) is 24.2 Å². The second kappa shape index (κ2) is 6.56. The number of ether oxygens (including phenoxy) is 1. The Balaban J connectivity index is 1.70. The first-order valence-electron chi connectivity index (χ1n) is 6.39. The van der Waals surface area contributed by atoms with Crippen molar-refractivity contribution in [3.8, 4) is 0 Å². The van der Waals surface area contributed by atoms with E-state index in [1.54, 1.807) is 6.26 Å². The molecule has 1 aromatic heterocycles. The normalized spacial score (nSPS) is 18.5. The summed E-state index contributed by atoms with van der Waals surface area (Å²) in [6.07, 6.45) is 3.54. The summed E-state index contributed by atoms with van der Waals surface area (Å²) >= 11 is 0. The fourth-order valence-corrected chi connectivity index (χ4v) is 2.03. The van der Waals surface area contributed by atoms with E-state index < -0.39 is 0 Å². The quantitative estimate of drug-likeness (QED) is 0.822. The molecular formula is C13H20N2O3. The third kappa shape index (κ3) is 3.85. The summed E-state index contributed by atoms with van der Waals surface area (Å²) in [5, 5.41) is 6.17. The van der Waals surface area contributed by atoms with Gasteiger partial charge in [-0.05, 0) is 31.9 Å². The third-order valence-corrected chi connectivity index (χ3v) is 3.12. The van der Waals surface area contributed by atoms with Gasteiger partial charge in [-0.25, -0.2) is 0 Å². The summed E-state index contributed by atoms with van der Waals surface area (Å²) < 4.78 is 10.4. The van der Waals surface area contributed by atoms with E-state index in [4.69, 9.17) is 9.15 Å². The van der Waals surface area contributed by atoms with Gasteiger partial charge in [0, 0.05) is 19.3 Å². The topological polar surface area (TPSA) is 63.5 Å². The number of carbonyl (C=O) groups excluding carboxylic acids is 1. The molecule has 1 saturated heterocycles. The molecule has 0 saturated carbocycles. The van der Waals surface area contributed by atoms with Gasteiger partial charge in [0.2, 0.25) is 5.91 Å². The van der Waals surface area contributed by atoms with E-state index in [-0.39, 0.29) is 11.9 Å². The van der Waals surface area contributed by atoms with Crippen molar-refractivity contribution in [1.82, 2.24) is 10.6 Å². The minimum Gasteiger partial charge on any atom is -0.467 e. The number of hydrogen-bond acceptors (Lipinski definition) is 4. The summed E-state index contributed by atoms with van der Waals surface area (Å²) in [6.45, 7) is 3.87. The second-order valence-corrected chi connectivity index (χ2v) is 4.57. The molecule has 2 N–H and O–H groups in total. The lowest BCUT2D eigenvalue weighted by Crippen LogP contribution is -2.48. The fraction of sp³-hybridized carbons (Fsp3) is 0.615. The maximum atomic E-state index is 11.9. The van der Waals surface area contributed by atoms with Crippen LogP contribution in [0.5, 0.6) is 0 Å².